The van der Waals surface area contributed by atoms with E-state index in [9.17, 15) is 9.59 Å². The second-order valence-electron chi connectivity index (χ2n) is 9.00. The second-order valence-corrected chi connectivity index (χ2v) is 9.00. The van der Waals surface area contributed by atoms with E-state index in [1.807, 2.05) is 11.0 Å². The van der Waals surface area contributed by atoms with Crippen LogP contribution in [0.3, 0.4) is 0 Å². The Morgan fingerprint density at radius 1 is 0.969 bits per heavy atom. The van der Waals surface area contributed by atoms with Crippen molar-refractivity contribution in [3.63, 3.8) is 0 Å². The summed E-state index contributed by atoms with van der Waals surface area (Å²) < 4.78 is 10.7. The van der Waals surface area contributed by atoms with Gasteiger partial charge in [0, 0.05) is 18.0 Å². The predicted molar refractivity (Wildman–Crippen MR) is 122 cm³/mol. The summed E-state index contributed by atoms with van der Waals surface area (Å²) >= 11 is 0. The number of carbonyl (C=O) groups excluding carboxylic acids is 2. The minimum atomic E-state index is -0.221. The Morgan fingerprint density at radius 2 is 1.56 bits per heavy atom. The van der Waals surface area contributed by atoms with Gasteiger partial charge in [-0.15, -0.1) is 0 Å². The summed E-state index contributed by atoms with van der Waals surface area (Å²) in [7, 11) is 1.41. The molecule has 0 saturated carbocycles. The maximum Gasteiger partial charge on any atom is 0.410 e. The van der Waals surface area contributed by atoms with Crippen molar-refractivity contribution in [2.75, 3.05) is 13.7 Å². The predicted octanol–water partition coefficient (Wildman–Crippen LogP) is 5.44. The molecule has 5 rings (SSSR count). The van der Waals surface area contributed by atoms with Gasteiger partial charge in [0.05, 0.1) is 13.5 Å². The first kappa shape index (κ1) is 20.8. The highest BCUT2D eigenvalue weighted by atomic mass is 16.6. The zero-order chi connectivity index (χ0) is 22.1. The molecule has 5 heteroatoms. The molecule has 2 bridgehead atoms. The van der Waals surface area contributed by atoms with Gasteiger partial charge >= 0.3 is 12.1 Å². The quantitative estimate of drug-likeness (QED) is 0.478. The molecule has 2 unspecified atom stereocenters. The molecule has 1 aliphatic carbocycles. The Bertz CT molecular complexity index is 998. The summed E-state index contributed by atoms with van der Waals surface area (Å²) in [5.74, 6) is -0.145. The minimum absolute atomic E-state index is 0.0755. The maximum atomic E-state index is 13.2. The molecule has 32 heavy (non-hydrogen) atoms. The fourth-order valence-corrected chi connectivity index (χ4v) is 5.70. The lowest BCUT2D eigenvalue weighted by Crippen LogP contribution is -2.53. The Morgan fingerprint density at radius 3 is 2.16 bits per heavy atom. The molecule has 2 aromatic carbocycles. The lowest BCUT2D eigenvalue weighted by atomic mass is 9.81. The summed E-state index contributed by atoms with van der Waals surface area (Å²) in [6.45, 7) is 0.355. The molecule has 2 heterocycles. The van der Waals surface area contributed by atoms with Gasteiger partial charge in [-0.3, -0.25) is 4.79 Å². The lowest BCUT2D eigenvalue weighted by molar-refractivity contribution is -0.139. The second kappa shape index (κ2) is 8.81. The smallest absolute Gasteiger partial charge is 0.410 e. The van der Waals surface area contributed by atoms with Crippen molar-refractivity contribution in [1.82, 2.24) is 4.90 Å². The summed E-state index contributed by atoms with van der Waals surface area (Å²) in [5.41, 5.74) is 6.19. The van der Waals surface area contributed by atoms with Crippen LogP contribution >= 0.6 is 0 Å². The molecular weight excluding hydrogens is 402 g/mol. The summed E-state index contributed by atoms with van der Waals surface area (Å²) in [4.78, 5) is 26.7. The molecule has 5 nitrogen and oxygen atoms in total. The highest BCUT2D eigenvalue weighted by molar-refractivity contribution is 5.79. The van der Waals surface area contributed by atoms with Crippen LogP contribution in [0.5, 0.6) is 0 Å². The highest BCUT2D eigenvalue weighted by Gasteiger charge is 2.40. The van der Waals surface area contributed by atoms with Crippen molar-refractivity contribution in [1.29, 1.82) is 0 Å². The topological polar surface area (TPSA) is 55.8 Å². The van der Waals surface area contributed by atoms with Gasteiger partial charge in [-0.1, -0.05) is 60.2 Å². The number of esters is 1. The molecule has 0 spiro atoms. The number of hydrogen-bond acceptors (Lipinski definition) is 4. The number of hydrogen-bond donors (Lipinski definition) is 0. The molecule has 2 aliphatic heterocycles. The molecule has 2 atom stereocenters. The Kier molecular flexibility index (Phi) is 5.73. The van der Waals surface area contributed by atoms with Crippen LogP contribution in [-0.4, -0.2) is 42.8 Å². The number of rotatable bonds is 4. The molecule has 166 valence electrons. The molecule has 3 aliphatic rings. The normalized spacial score (nSPS) is 21.5. The third-order valence-corrected chi connectivity index (χ3v) is 7.19. The summed E-state index contributed by atoms with van der Waals surface area (Å²) in [6.07, 6.45) is 6.82. The van der Waals surface area contributed by atoms with E-state index in [4.69, 9.17) is 9.47 Å². The van der Waals surface area contributed by atoms with Crippen LogP contribution in [-0.2, 0) is 14.3 Å². The summed E-state index contributed by atoms with van der Waals surface area (Å²) in [5, 5.41) is 0. The minimum Gasteiger partial charge on any atom is -0.469 e. The maximum absolute atomic E-state index is 13.2. The third kappa shape index (κ3) is 3.81. The van der Waals surface area contributed by atoms with E-state index in [0.717, 1.165) is 32.1 Å². The Labute approximate surface area is 189 Å². The van der Waals surface area contributed by atoms with Crippen LogP contribution in [0, 0.1) is 0 Å². The van der Waals surface area contributed by atoms with E-state index >= 15 is 0 Å². The number of piperidine rings is 2. The fraction of sp³-hybridized carbons (Fsp3) is 0.407. The number of methoxy groups -OCH3 is 1. The molecule has 1 amide bonds. The van der Waals surface area contributed by atoms with E-state index in [-0.39, 0.29) is 30.1 Å². The van der Waals surface area contributed by atoms with Crippen molar-refractivity contribution >= 4 is 12.1 Å². The largest absolute Gasteiger partial charge is 0.469 e. The van der Waals surface area contributed by atoms with Crippen molar-refractivity contribution < 1.29 is 19.1 Å². The van der Waals surface area contributed by atoms with Gasteiger partial charge in [0.25, 0.3) is 0 Å². The number of carbonyl (C=O) groups is 2. The SMILES string of the molecule is COC(=O)CC=C1CC2CCCC(C1)N2C(=O)OCC1c2ccccc2-c2ccccc21. The van der Waals surface area contributed by atoms with Crippen molar-refractivity contribution in [2.45, 2.75) is 56.5 Å². The molecule has 2 saturated heterocycles. The van der Waals surface area contributed by atoms with Gasteiger partial charge < -0.3 is 14.4 Å². The van der Waals surface area contributed by atoms with Crippen LogP contribution < -0.4 is 0 Å². The van der Waals surface area contributed by atoms with E-state index in [0.29, 0.717) is 13.0 Å². The zero-order valence-electron chi connectivity index (χ0n) is 18.5. The number of nitrogens with zero attached hydrogens (tertiary/aromatic N) is 1. The molecule has 2 fully saturated rings. The average molecular weight is 432 g/mol. The Hall–Kier alpha value is -3.08. The molecular formula is C27H29NO4. The number of fused-ring (bicyclic) bond motifs is 5. The number of ether oxygens (including phenoxy) is 2. The van der Waals surface area contributed by atoms with Gasteiger partial charge in [-0.25, -0.2) is 4.79 Å². The monoisotopic (exact) mass is 431 g/mol. The van der Waals surface area contributed by atoms with Gasteiger partial charge in [0.2, 0.25) is 0 Å². The van der Waals surface area contributed by atoms with Gasteiger partial charge in [-0.2, -0.15) is 0 Å². The van der Waals surface area contributed by atoms with Crippen LogP contribution in [0.2, 0.25) is 0 Å². The van der Waals surface area contributed by atoms with Crippen LogP contribution in [0.15, 0.2) is 60.2 Å². The van der Waals surface area contributed by atoms with E-state index in [1.54, 1.807) is 0 Å². The van der Waals surface area contributed by atoms with Gasteiger partial charge in [0.1, 0.15) is 6.61 Å². The first-order chi connectivity index (χ1) is 15.7. The standard InChI is InChI=1S/C27H29NO4/c1-31-26(29)14-13-18-15-19-7-6-8-20(16-18)28(19)27(30)32-17-25-23-11-4-2-9-21(23)22-10-3-5-12-24(22)25/h2-5,9-13,19-20,25H,6-8,14-17H2,1H3. The third-order valence-electron chi connectivity index (χ3n) is 7.19. The van der Waals surface area contributed by atoms with E-state index in [1.165, 1.54) is 34.9 Å². The van der Waals surface area contributed by atoms with Crippen molar-refractivity contribution in [2.24, 2.45) is 0 Å². The van der Waals surface area contributed by atoms with Gasteiger partial charge in [0.15, 0.2) is 0 Å². The van der Waals surface area contributed by atoms with E-state index in [2.05, 4.69) is 48.5 Å². The average Bonchev–Trinajstić information content (AvgIpc) is 3.14. The van der Waals surface area contributed by atoms with Crippen LogP contribution in [0.1, 0.15) is 55.6 Å². The number of amides is 1. The van der Waals surface area contributed by atoms with Crippen LogP contribution in [0.25, 0.3) is 11.1 Å². The molecule has 0 aromatic heterocycles. The summed E-state index contributed by atoms with van der Waals surface area (Å²) in [6, 6.07) is 17.1. The molecule has 0 radical (unpaired) electrons. The lowest BCUT2D eigenvalue weighted by Gasteiger charge is -2.46. The number of benzene rings is 2. The fourth-order valence-electron chi connectivity index (χ4n) is 5.70. The van der Waals surface area contributed by atoms with Crippen molar-refractivity contribution in [3.05, 3.63) is 71.3 Å². The van der Waals surface area contributed by atoms with E-state index < -0.39 is 0 Å². The van der Waals surface area contributed by atoms with Crippen molar-refractivity contribution in [3.8, 4) is 11.1 Å². The Balaban J connectivity index is 1.29. The first-order valence-corrected chi connectivity index (χ1v) is 11.5. The zero-order valence-corrected chi connectivity index (χ0v) is 18.5. The molecule has 2 aromatic rings. The van der Waals surface area contributed by atoms with Gasteiger partial charge in [-0.05, 0) is 54.4 Å². The van der Waals surface area contributed by atoms with Crippen LogP contribution in [0.4, 0.5) is 4.79 Å². The highest BCUT2D eigenvalue weighted by Crippen LogP contribution is 2.45. The first-order valence-electron chi connectivity index (χ1n) is 11.5. The molecule has 0 N–H and O–H groups in total.